The number of rotatable bonds is 12. The van der Waals surface area contributed by atoms with Gasteiger partial charge in [0.2, 0.25) is 0 Å². The van der Waals surface area contributed by atoms with Gasteiger partial charge in [-0.1, -0.05) is 32.3 Å². The van der Waals surface area contributed by atoms with Crippen LogP contribution in [0.15, 0.2) is 37.1 Å². The van der Waals surface area contributed by atoms with Crippen LogP contribution < -0.4 is 4.74 Å². The van der Waals surface area contributed by atoms with Gasteiger partial charge in [0.25, 0.3) is 0 Å². The topological polar surface area (TPSA) is 55.8 Å². The zero-order valence-corrected chi connectivity index (χ0v) is 12.4. The molecule has 0 aromatic heterocycles. The van der Waals surface area contributed by atoms with Crippen LogP contribution in [-0.4, -0.2) is 24.3 Å². The number of carboxylic acids is 1. The summed E-state index contributed by atoms with van der Waals surface area (Å²) in [5.41, 5.74) is 0.280. The maximum atomic E-state index is 10.7. The van der Waals surface area contributed by atoms with Crippen molar-refractivity contribution in [2.75, 3.05) is 13.2 Å². The maximum absolute atomic E-state index is 10.7. The molecule has 4 nitrogen and oxygen atoms in total. The lowest BCUT2D eigenvalue weighted by atomic mass is 10.1. The minimum atomic E-state index is -0.917. The second-order valence-corrected chi connectivity index (χ2v) is 4.84. The monoisotopic (exact) mass is 292 g/mol. The third-order valence-electron chi connectivity index (χ3n) is 3.14. The van der Waals surface area contributed by atoms with Crippen LogP contribution in [0.2, 0.25) is 0 Å². The van der Waals surface area contributed by atoms with Crippen molar-refractivity contribution < 1.29 is 19.4 Å². The molecular weight excluding hydrogens is 268 g/mol. The minimum absolute atomic E-state index is 0.280. The van der Waals surface area contributed by atoms with Crippen molar-refractivity contribution in [2.45, 2.75) is 38.5 Å². The molecule has 1 aromatic rings. The van der Waals surface area contributed by atoms with Gasteiger partial charge >= 0.3 is 5.97 Å². The van der Waals surface area contributed by atoms with E-state index in [2.05, 4.69) is 6.58 Å². The molecule has 0 atom stereocenters. The van der Waals surface area contributed by atoms with Gasteiger partial charge in [-0.15, -0.1) is 0 Å². The van der Waals surface area contributed by atoms with Gasteiger partial charge in [-0.05, 0) is 37.1 Å². The SMILES string of the molecule is C=COCCCCCCCCOc1ccc(C(=O)O)cc1. The van der Waals surface area contributed by atoms with Crippen LogP contribution in [-0.2, 0) is 4.74 Å². The van der Waals surface area contributed by atoms with Gasteiger partial charge in [-0.25, -0.2) is 4.79 Å². The van der Waals surface area contributed by atoms with E-state index in [1.165, 1.54) is 25.5 Å². The lowest BCUT2D eigenvalue weighted by molar-refractivity contribution is 0.0697. The summed E-state index contributed by atoms with van der Waals surface area (Å²) in [7, 11) is 0. The largest absolute Gasteiger partial charge is 0.502 e. The molecule has 0 heterocycles. The molecule has 0 unspecified atom stereocenters. The standard InChI is InChI=1S/C17H24O4/c1-2-20-13-7-5-3-4-6-8-14-21-16-11-9-15(10-12-16)17(18)19/h2,9-12H,1,3-8,13-14H2,(H,18,19). The fourth-order valence-corrected chi connectivity index (χ4v) is 1.96. The molecule has 0 aliphatic rings. The van der Waals surface area contributed by atoms with Crippen molar-refractivity contribution in [3.8, 4) is 5.75 Å². The third-order valence-corrected chi connectivity index (χ3v) is 3.14. The van der Waals surface area contributed by atoms with E-state index in [1.54, 1.807) is 24.3 Å². The number of unbranched alkanes of at least 4 members (excludes halogenated alkanes) is 5. The number of carboxylic acid groups (broad SMARTS) is 1. The van der Waals surface area contributed by atoms with E-state index < -0.39 is 5.97 Å². The highest BCUT2D eigenvalue weighted by Gasteiger charge is 2.01. The Balaban J connectivity index is 1.99. The zero-order chi connectivity index (χ0) is 15.3. The molecule has 1 aromatic carbocycles. The Bertz CT molecular complexity index is 411. The summed E-state index contributed by atoms with van der Waals surface area (Å²) >= 11 is 0. The normalized spacial score (nSPS) is 10.1. The first-order valence-corrected chi connectivity index (χ1v) is 7.42. The molecule has 0 fully saturated rings. The first-order chi connectivity index (χ1) is 10.2. The predicted octanol–water partition coefficient (Wildman–Crippen LogP) is 4.26. The maximum Gasteiger partial charge on any atom is 0.335 e. The lowest BCUT2D eigenvalue weighted by Crippen LogP contribution is -1.99. The second kappa shape index (κ2) is 10.8. The Morgan fingerprint density at radius 1 is 1.00 bits per heavy atom. The predicted molar refractivity (Wildman–Crippen MR) is 82.7 cm³/mol. The molecule has 0 aliphatic heterocycles. The molecule has 0 saturated carbocycles. The highest BCUT2D eigenvalue weighted by atomic mass is 16.5. The summed E-state index contributed by atoms with van der Waals surface area (Å²) in [6.07, 6.45) is 8.34. The first kappa shape index (κ1) is 17.1. The molecule has 0 saturated heterocycles. The van der Waals surface area contributed by atoms with E-state index in [0.29, 0.717) is 6.61 Å². The van der Waals surface area contributed by atoms with Crippen molar-refractivity contribution >= 4 is 5.97 Å². The van der Waals surface area contributed by atoms with E-state index in [4.69, 9.17) is 14.6 Å². The number of ether oxygens (including phenoxy) is 2. The number of hydrogen-bond donors (Lipinski definition) is 1. The van der Waals surface area contributed by atoms with Crippen molar-refractivity contribution in [1.29, 1.82) is 0 Å². The molecule has 116 valence electrons. The fraction of sp³-hybridized carbons (Fsp3) is 0.471. The summed E-state index contributed by atoms with van der Waals surface area (Å²) in [5.74, 6) is -0.193. The molecule has 4 heteroatoms. The smallest absolute Gasteiger partial charge is 0.335 e. The highest BCUT2D eigenvalue weighted by Crippen LogP contribution is 2.13. The van der Waals surface area contributed by atoms with Gasteiger partial charge in [0.15, 0.2) is 0 Å². The lowest BCUT2D eigenvalue weighted by Gasteiger charge is -2.06. The van der Waals surface area contributed by atoms with Crippen LogP contribution in [0.1, 0.15) is 48.9 Å². The summed E-state index contributed by atoms with van der Waals surface area (Å²) < 4.78 is 10.6. The summed E-state index contributed by atoms with van der Waals surface area (Å²) in [4.78, 5) is 10.7. The average molecular weight is 292 g/mol. The summed E-state index contributed by atoms with van der Waals surface area (Å²) in [6.45, 7) is 4.94. The van der Waals surface area contributed by atoms with E-state index >= 15 is 0 Å². The van der Waals surface area contributed by atoms with E-state index in [0.717, 1.165) is 31.6 Å². The van der Waals surface area contributed by atoms with Crippen molar-refractivity contribution in [3.05, 3.63) is 42.7 Å². The van der Waals surface area contributed by atoms with Crippen LogP contribution in [0.25, 0.3) is 0 Å². The van der Waals surface area contributed by atoms with Crippen LogP contribution >= 0.6 is 0 Å². The molecule has 0 amide bonds. The van der Waals surface area contributed by atoms with Gasteiger partial charge in [-0.3, -0.25) is 0 Å². The minimum Gasteiger partial charge on any atom is -0.502 e. The molecule has 21 heavy (non-hydrogen) atoms. The average Bonchev–Trinajstić information content (AvgIpc) is 2.49. The number of aromatic carboxylic acids is 1. The first-order valence-electron chi connectivity index (χ1n) is 7.42. The van der Waals surface area contributed by atoms with Crippen LogP contribution in [0.4, 0.5) is 0 Å². The van der Waals surface area contributed by atoms with E-state index in [9.17, 15) is 4.79 Å². The molecular formula is C17H24O4. The quantitative estimate of drug-likeness (QED) is 0.462. The van der Waals surface area contributed by atoms with Crippen molar-refractivity contribution in [1.82, 2.24) is 0 Å². The van der Waals surface area contributed by atoms with Gasteiger partial charge in [0.05, 0.1) is 25.0 Å². The Hall–Kier alpha value is -1.97. The van der Waals surface area contributed by atoms with Crippen LogP contribution in [0, 0.1) is 0 Å². The van der Waals surface area contributed by atoms with Gasteiger partial charge in [0, 0.05) is 0 Å². The van der Waals surface area contributed by atoms with Gasteiger partial charge in [0.1, 0.15) is 5.75 Å². The van der Waals surface area contributed by atoms with Crippen LogP contribution in [0.3, 0.4) is 0 Å². The highest BCUT2D eigenvalue weighted by molar-refractivity contribution is 5.87. The Morgan fingerprint density at radius 3 is 2.14 bits per heavy atom. The van der Waals surface area contributed by atoms with Gasteiger partial charge in [-0.2, -0.15) is 0 Å². The fourth-order valence-electron chi connectivity index (χ4n) is 1.96. The number of hydrogen-bond acceptors (Lipinski definition) is 3. The molecule has 1 rings (SSSR count). The Kier molecular flexibility index (Phi) is 8.76. The third kappa shape index (κ3) is 8.02. The summed E-state index contributed by atoms with van der Waals surface area (Å²) in [5, 5.41) is 8.79. The molecule has 0 radical (unpaired) electrons. The van der Waals surface area contributed by atoms with Crippen molar-refractivity contribution in [2.24, 2.45) is 0 Å². The molecule has 0 aliphatic carbocycles. The summed E-state index contributed by atoms with van der Waals surface area (Å²) in [6, 6.07) is 6.51. The van der Waals surface area contributed by atoms with E-state index in [-0.39, 0.29) is 5.56 Å². The zero-order valence-electron chi connectivity index (χ0n) is 12.4. The van der Waals surface area contributed by atoms with Crippen molar-refractivity contribution in [3.63, 3.8) is 0 Å². The van der Waals surface area contributed by atoms with Gasteiger partial charge < -0.3 is 14.6 Å². The van der Waals surface area contributed by atoms with E-state index in [1.807, 2.05) is 0 Å². The Morgan fingerprint density at radius 2 is 1.57 bits per heavy atom. The van der Waals surface area contributed by atoms with Crippen LogP contribution in [0.5, 0.6) is 5.75 Å². The number of benzene rings is 1. The second-order valence-electron chi connectivity index (χ2n) is 4.84. The molecule has 0 bridgehead atoms. The molecule has 0 spiro atoms. The molecule has 1 N–H and O–H groups in total. The Labute approximate surface area is 126 Å². The number of carbonyl (C=O) groups is 1.